The number of aromatic nitrogens is 1. The fraction of sp³-hybridized carbons (Fsp3) is 0.333. The molecule has 1 unspecified atom stereocenters. The molecule has 0 amide bonds. The third kappa shape index (κ3) is 2.29. The quantitative estimate of drug-likeness (QED) is 0.783. The summed E-state index contributed by atoms with van der Waals surface area (Å²) < 4.78 is 10.2. The highest BCUT2D eigenvalue weighted by molar-refractivity contribution is 5.98. The fourth-order valence-corrected chi connectivity index (χ4v) is 1.65. The summed E-state index contributed by atoms with van der Waals surface area (Å²) in [6.45, 7) is 2.05. The normalized spacial score (nSPS) is 19.1. The van der Waals surface area contributed by atoms with Crippen molar-refractivity contribution in [3.63, 3.8) is 0 Å². The van der Waals surface area contributed by atoms with Gasteiger partial charge >= 0.3 is 5.97 Å². The molecule has 0 fully saturated rings. The van der Waals surface area contributed by atoms with Crippen molar-refractivity contribution in [2.75, 3.05) is 13.2 Å². The van der Waals surface area contributed by atoms with Crippen molar-refractivity contribution in [1.82, 2.24) is 4.98 Å². The van der Waals surface area contributed by atoms with Crippen molar-refractivity contribution in [3.05, 3.63) is 35.7 Å². The van der Waals surface area contributed by atoms with E-state index in [2.05, 4.69) is 4.98 Å². The first-order chi connectivity index (χ1) is 8.24. The van der Waals surface area contributed by atoms with Crippen molar-refractivity contribution in [1.29, 1.82) is 0 Å². The maximum Gasteiger partial charge on any atom is 0.340 e. The SMILES string of the molecule is CCOC(=O)C1=C(c2ccncc2)OCC1O. The predicted molar refractivity (Wildman–Crippen MR) is 59.7 cm³/mol. The third-order valence-corrected chi connectivity index (χ3v) is 2.40. The van der Waals surface area contributed by atoms with Crippen LogP contribution in [0.15, 0.2) is 30.1 Å². The summed E-state index contributed by atoms with van der Waals surface area (Å²) in [6.07, 6.45) is 2.26. The summed E-state index contributed by atoms with van der Waals surface area (Å²) in [6, 6.07) is 3.43. The van der Waals surface area contributed by atoms with Crippen LogP contribution in [0.1, 0.15) is 12.5 Å². The highest BCUT2D eigenvalue weighted by atomic mass is 16.5. The molecule has 0 spiro atoms. The Balaban J connectivity index is 2.38. The van der Waals surface area contributed by atoms with Crippen molar-refractivity contribution in [2.24, 2.45) is 0 Å². The van der Waals surface area contributed by atoms with Gasteiger partial charge in [-0.2, -0.15) is 0 Å². The van der Waals surface area contributed by atoms with E-state index in [1.165, 1.54) is 0 Å². The first-order valence-corrected chi connectivity index (χ1v) is 5.36. The van der Waals surface area contributed by atoms with Gasteiger partial charge in [0.25, 0.3) is 0 Å². The number of hydrogen-bond acceptors (Lipinski definition) is 5. The zero-order chi connectivity index (χ0) is 12.3. The average molecular weight is 235 g/mol. The first kappa shape index (κ1) is 11.6. The molecule has 5 nitrogen and oxygen atoms in total. The van der Waals surface area contributed by atoms with Gasteiger partial charge in [-0.25, -0.2) is 4.79 Å². The molecule has 1 aromatic heterocycles. The van der Waals surface area contributed by atoms with E-state index in [0.717, 1.165) is 0 Å². The lowest BCUT2D eigenvalue weighted by Crippen LogP contribution is -2.19. The van der Waals surface area contributed by atoms with Crippen molar-refractivity contribution in [2.45, 2.75) is 13.0 Å². The molecule has 5 heteroatoms. The molecule has 2 rings (SSSR count). The molecule has 0 aliphatic carbocycles. The van der Waals surface area contributed by atoms with Gasteiger partial charge in [-0.05, 0) is 19.1 Å². The monoisotopic (exact) mass is 235 g/mol. The van der Waals surface area contributed by atoms with Gasteiger partial charge in [-0.1, -0.05) is 0 Å². The van der Waals surface area contributed by atoms with E-state index < -0.39 is 12.1 Å². The summed E-state index contributed by atoms with van der Waals surface area (Å²) in [4.78, 5) is 15.6. The smallest absolute Gasteiger partial charge is 0.340 e. The van der Waals surface area contributed by atoms with Crippen LogP contribution in [0.3, 0.4) is 0 Å². The van der Waals surface area contributed by atoms with Crippen LogP contribution in [-0.2, 0) is 14.3 Å². The van der Waals surface area contributed by atoms with Gasteiger partial charge in [-0.3, -0.25) is 4.98 Å². The Morgan fingerprint density at radius 2 is 2.29 bits per heavy atom. The van der Waals surface area contributed by atoms with Crippen LogP contribution in [0.4, 0.5) is 0 Å². The lowest BCUT2D eigenvalue weighted by Gasteiger charge is -2.06. The fourth-order valence-electron chi connectivity index (χ4n) is 1.65. The zero-order valence-corrected chi connectivity index (χ0v) is 9.42. The molecule has 2 heterocycles. The second kappa shape index (κ2) is 4.97. The molecule has 0 saturated carbocycles. The Morgan fingerprint density at radius 3 is 2.94 bits per heavy atom. The Kier molecular flexibility index (Phi) is 3.39. The Bertz CT molecular complexity index is 441. The standard InChI is InChI=1S/C12H13NO4/c1-2-16-12(15)10-9(14)7-17-11(10)8-3-5-13-6-4-8/h3-6,9,14H,2,7H2,1H3. The lowest BCUT2D eigenvalue weighted by molar-refractivity contribution is -0.139. The van der Waals surface area contributed by atoms with Crippen LogP contribution in [0.25, 0.3) is 5.76 Å². The summed E-state index contributed by atoms with van der Waals surface area (Å²) in [7, 11) is 0. The molecule has 1 atom stereocenters. The summed E-state index contributed by atoms with van der Waals surface area (Å²) in [5.41, 5.74) is 0.887. The number of carbonyl (C=O) groups excluding carboxylic acids is 1. The van der Waals surface area contributed by atoms with Crippen LogP contribution in [-0.4, -0.2) is 35.4 Å². The van der Waals surface area contributed by atoms with Gasteiger partial charge in [0.05, 0.1) is 6.61 Å². The van der Waals surface area contributed by atoms with E-state index in [1.54, 1.807) is 31.5 Å². The summed E-state index contributed by atoms with van der Waals surface area (Å²) in [5.74, 6) is -0.164. The molecule has 1 aromatic rings. The topological polar surface area (TPSA) is 68.7 Å². The van der Waals surface area contributed by atoms with E-state index in [-0.39, 0.29) is 18.8 Å². The van der Waals surface area contributed by atoms with E-state index in [9.17, 15) is 9.90 Å². The molecular weight excluding hydrogens is 222 g/mol. The van der Waals surface area contributed by atoms with E-state index in [0.29, 0.717) is 11.3 Å². The van der Waals surface area contributed by atoms with Crippen molar-refractivity contribution >= 4 is 11.7 Å². The largest absolute Gasteiger partial charge is 0.489 e. The van der Waals surface area contributed by atoms with Crippen LogP contribution < -0.4 is 0 Å². The molecule has 90 valence electrons. The van der Waals surface area contributed by atoms with Gasteiger partial charge in [0.15, 0.2) is 0 Å². The minimum absolute atomic E-state index is 0.0752. The maximum absolute atomic E-state index is 11.7. The number of aliphatic hydroxyl groups excluding tert-OH is 1. The van der Waals surface area contributed by atoms with Gasteiger partial charge in [0.2, 0.25) is 0 Å². The number of esters is 1. The van der Waals surface area contributed by atoms with Crippen LogP contribution >= 0.6 is 0 Å². The molecule has 1 aliphatic heterocycles. The molecule has 0 radical (unpaired) electrons. The van der Waals surface area contributed by atoms with Gasteiger partial charge < -0.3 is 14.6 Å². The van der Waals surface area contributed by atoms with Gasteiger partial charge in [0, 0.05) is 18.0 Å². The van der Waals surface area contributed by atoms with Crippen LogP contribution in [0.5, 0.6) is 0 Å². The Labute approximate surface area is 98.7 Å². The number of pyridine rings is 1. The zero-order valence-electron chi connectivity index (χ0n) is 9.42. The molecule has 1 N–H and O–H groups in total. The number of carbonyl (C=O) groups is 1. The molecule has 0 saturated heterocycles. The molecule has 0 bridgehead atoms. The molecule has 17 heavy (non-hydrogen) atoms. The molecular formula is C12H13NO4. The number of ether oxygens (including phenoxy) is 2. The van der Waals surface area contributed by atoms with E-state index in [4.69, 9.17) is 9.47 Å². The highest BCUT2D eigenvalue weighted by Crippen LogP contribution is 2.29. The number of hydrogen-bond donors (Lipinski definition) is 1. The lowest BCUT2D eigenvalue weighted by atomic mass is 10.1. The second-order valence-corrected chi connectivity index (χ2v) is 3.53. The van der Waals surface area contributed by atoms with E-state index in [1.807, 2.05) is 0 Å². The van der Waals surface area contributed by atoms with Gasteiger partial charge in [-0.15, -0.1) is 0 Å². The minimum Gasteiger partial charge on any atom is -0.489 e. The maximum atomic E-state index is 11.7. The second-order valence-electron chi connectivity index (χ2n) is 3.53. The average Bonchev–Trinajstić information content (AvgIpc) is 2.73. The van der Waals surface area contributed by atoms with Crippen molar-refractivity contribution < 1.29 is 19.4 Å². The first-order valence-electron chi connectivity index (χ1n) is 5.36. The predicted octanol–water partition coefficient (Wildman–Crippen LogP) is 0.747. The Morgan fingerprint density at radius 1 is 1.59 bits per heavy atom. The van der Waals surface area contributed by atoms with Crippen molar-refractivity contribution in [3.8, 4) is 0 Å². The molecule has 0 aromatic carbocycles. The number of nitrogens with zero attached hydrogens (tertiary/aromatic N) is 1. The Hall–Kier alpha value is -1.88. The van der Waals surface area contributed by atoms with Crippen LogP contribution in [0.2, 0.25) is 0 Å². The number of rotatable bonds is 3. The summed E-state index contributed by atoms with van der Waals surface area (Å²) >= 11 is 0. The highest BCUT2D eigenvalue weighted by Gasteiger charge is 2.32. The molecule has 1 aliphatic rings. The van der Waals surface area contributed by atoms with Crippen LogP contribution in [0, 0.1) is 0 Å². The number of aliphatic hydroxyl groups is 1. The van der Waals surface area contributed by atoms with E-state index >= 15 is 0 Å². The minimum atomic E-state index is -0.933. The summed E-state index contributed by atoms with van der Waals surface area (Å²) in [5, 5.41) is 9.72. The van der Waals surface area contributed by atoms with Gasteiger partial charge in [0.1, 0.15) is 24.0 Å². The third-order valence-electron chi connectivity index (χ3n) is 2.40.